The summed E-state index contributed by atoms with van der Waals surface area (Å²) >= 11 is 1.71. The highest BCUT2D eigenvalue weighted by Gasteiger charge is 2.35. The molecular weight excluding hydrogens is 330 g/mol. The molecule has 0 radical (unpaired) electrons. The van der Waals surface area contributed by atoms with Gasteiger partial charge in [-0.05, 0) is 25.0 Å². The Bertz CT molecular complexity index is 811. The SMILES string of the molecule is OC1(c2ccccn2)CCN(Cc2nc(-c3ccccc3)cs2)CC1. The Morgan fingerprint density at radius 1 is 1.04 bits per heavy atom. The molecule has 1 saturated heterocycles. The molecule has 5 heteroatoms. The monoisotopic (exact) mass is 351 g/mol. The zero-order valence-electron chi connectivity index (χ0n) is 14.0. The van der Waals surface area contributed by atoms with Crippen LogP contribution < -0.4 is 0 Å². The van der Waals surface area contributed by atoms with E-state index in [1.54, 1.807) is 17.5 Å². The third-order valence-electron chi connectivity index (χ3n) is 4.81. The maximum Gasteiger partial charge on any atom is 0.109 e. The van der Waals surface area contributed by atoms with Crippen LogP contribution in [0.5, 0.6) is 0 Å². The van der Waals surface area contributed by atoms with Crippen LogP contribution in [0.4, 0.5) is 0 Å². The maximum absolute atomic E-state index is 10.9. The number of hydrogen-bond acceptors (Lipinski definition) is 5. The van der Waals surface area contributed by atoms with Gasteiger partial charge in [-0.3, -0.25) is 9.88 Å². The highest BCUT2D eigenvalue weighted by atomic mass is 32.1. The van der Waals surface area contributed by atoms with E-state index in [1.807, 2.05) is 36.4 Å². The summed E-state index contributed by atoms with van der Waals surface area (Å²) in [7, 11) is 0. The number of hydrogen-bond donors (Lipinski definition) is 1. The molecule has 0 aliphatic carbocycles. The standard InChI is InChI=1S/C20H21N3OS/c24-20(18-8-4-5-11-21-18)9-12-23(13-10-20)14-19-22-17(15-25-19)16-6-2-1-3-7-16/h1-8,11,15,24H,9-10,12-14H2. The van der Waals surface area contributed by atoms with Crippen LogP contribution in [0.1, 0.15) is 23.5 Å². The van der Waals surface area contributed by atoms with Crippen molar-refractivity contribution in [2.75, 3.05) is 13.1 Å². The van der Waals surface area contributed by atoms with Crippen LogP contribution in [0.15, 0.2) is 60.1 Å². The largest absolute Gasteiger partial charge is 0.383 e. The minimum absolute atomic E-state index is 0.709. The molecule has 0 saturated carbocycles. The van der Waals surface area contributed by atoms with Crippen LogP contribution in [-0.4, -0.2) is 33.1 Å². The van der Waals surface area contributed by atoms with E-state index < -0.39 is 5.60 Å². The average Bonchev–Trinajstić information content (AvgIpc) is 3.14. The van der Waals surface area contributed by atoms with Gasteiger partial charge in [-0.1, -0.05) is 36.4 Å². The van der Waals surface area contributed by atoms with Crippen LogP contribution in [0.2, 0.25) is 0 Å². The lowest BCUT2D eigenvalue weighted by molar-refractivity contribution is -0.0311. The van der Waals surface area contributed by atoms with Gasteiger partial charge in [-0.15, -0.1) is 11.3 Å². The van der Waals surface area contributed by atoms with Crippen molar-refractivity contribution in [3.63, 3.8) is 0 Å². The maximum atomic E-state index is 10.9. The number of rotatable bonds is 4. The first-order chi connectivity index (χ1) is 12.2. The van der Waals surface area contributed by atoms with Crippen molar-refractivity contribution in [3.8, 4) is 11.3 Å². The van der Waals surface area contributed by atoms with Gasteiger partial charge >= 0.3 is 0 Å². The van der Waals surface area contributed by atoms with Crippen molar-refractivity contribution in [3.05, 3.63) is 70.8 Å². The molecule has 1 aromatic carbocycles. The average molecular weight is 351 g/mol. The molecule has 4 rings (SSSR count). The zero-order chi connectivity index (χ0) is 17.1. The number of piperidine rings is 1. The van der Waals surface area contributed by atoms with Gasteiger partial charge in [0.25, 0.3) is 0 Å². The Hall–Kier alpha value is -2.08. The van der Waals surface area contributed by atoms with Crippen LogP contribution in [0.25, 0.3) is 11.3 Å². The number of aromatic nitrogens is 2. The van der Waals surface area contributed by atoms with Crippen molar-refractivity contribution in [2.24, 2.45) is 0 Å². The number of thiazole rings is 1. The number of likely N-dealkylation sites (tertiary alicyclic amines) is 1. The van der Waals surface area contributed by atoms with Crippen molar-refractivity contribution >= 4 is 11.3 Å². The van der Waals surface area contributed by atoms with Crippen molar-refractivity contribution in [2.45, 2.75) is 25.0 Å². The number of nitrogens with zero attached hydrogens (tertiary/aromatic N) is 3. The highest BCUT2D eigenvalue weighted by molar-refractivity contribution is 7.09. The molecule has 1 aliphatic heterocycles. The molecule has 2 aromatic heterocycles. The van der Waals surface area contributed by atoms with Crippen molar-refractivity contribution in [1.29, 1.82) is 0 Å². The molecule has 25 heavy (non-hydrogen) atoms. The summed E-state index contributed by atoms with van der Waals surface area (Å²) in [4.78, 5) is 11.5. The van der Waals surface area contributed by atoms with Gasteiger partial charge < -0.3 is 5.11 Å². The predicted octanol–water partition coefficient (Wildman–Crippen LogP) is 3.69. The summed E-state index contributed by atoms with van der Waals surface area (Å²) < 4.78 is 0. The second kappa shape index (κ2) is 7.04. The molecule has 0 spiro atoms. The molecule has 1 N–H and O–H groups in total. The molecule has 0 unspecified atom stereocenters. The van der Waals surface area contributed by atoms with Gasteiger partial charge in [-0.25, -0.2) is 4.98 Å². The second-order valence-corrected chi connectivity index (χ2v) is 7.46. The van der Waals surface area contributed by atoms with E-state index in [2.05, 4.69) is 27.4 Å². The Labute approximate surface area is 151 Å². The normalized spacial score (nSPS) is 17.5. The Morgan fingerprint density at radius 2 is 1.80 bits per heavy atom. The summed E-state index contributed by atoms with van der Waals surface area (Å²) in [5.41, 5.74) is 2.20. The van der Waals surface area contributed by atoms with E-state index in [4.69, 9.17) is 4.98 Å². The molecule has 0 atom stereocenters. The predicted molar refractivity (Wildman–Crippen MR) is 100 cm³/mol. The smallest absolute Gasteiger partial charge is 0.109 e. The molecule has 1 aliphatic rings. The Morgan fingerprint density at radius 3 is 2.52 bits per heavy atom. The topological polar surface area (TPSA) is 49.3 Å². The number of pyridine rings is 1. The van der Waals surface area contributed by atoms with Gasteiger partial charge in [0.15, 0.2) is 0 Å². The number of benzene rings is 1. The first kappa shape index (κ1) is 16.4. The Kier molecular flexibility index (Phi) is 4.61. The fraction of sp³-hybridized carbons (Fsp3) is 0.300. The van der Waals surface area contributed by atoms with Gasteiger partial charge in [0.1, 0.15) is 10.6 Å². The van der Waals surface area contributed by atoms with Crippen LogP contribution in [0, 0.1) is 0 Å². The third-order valence-corrected chi connectivity index (χ3v) is 5.64. The summed E-state index contributed by atoms with van der Waals surface area (Å²) in [6.45, 7) is 2.55. The summed E-state index contributed by atoms with van der Waals surface area (Å²) in [6, 6.07) is 16.0. The van der Waals surface area contributed by atoms with Crippen LogP contribution in [0.3, 0.4) is 0 Å². The fourth-order valence-electron chi connectivity index (χ4n) is 3.29. The molecule has 4 nitrogen and oxygen atoms in total. The first-order valence-corrected chi connectivity index (χ1v) is 9.47. The minimum Gasteiger partial charge on any atom is -0.383 e. The highest BCUT2D eigenvalue weighted by Crippen LogP contribution is 2.32. The van der Waals surface area contributed by atoms with Crippen LogP contribution >= 0.6 is 11.3 Å². The van der Waals surface area contributed by atoms with E-state index >= 15 is 0 Å². The summed E-state index contributed by atoms with van der Waals surface area (Å²) in [5, 5.41) is 14.1. The quantitative estimate of drug-likeness (QED) is 0.779. The minimum atomic E-state index is -0.796. The van der Waals surface area contributed by atoms with Crippen molar-refractivity contribution in [1.82, 2.24) is 14.9 Å². The van der Waals surface area contributed by atoms with Gasteiger partial charge in [0, 0.05) is 30.2 Å². The van der Waals surface area contributed by atoms with E-state index in [0.717, 1.165) is 41.6 Å². The van der Waals surface area contributed by atoms with Gasteiger partial charge in [-0.2, -0.15) is 0 Å². The molecule has 1 fully saturated rings. The van der Waals surface area contributed by atoms with E-state index in [1.165, 1.54) is 0 Å². The molecule has 0 bridgehead atoms. The molecule has 0 amide bonds. The fourth-order valence-corrected chi connectivity index (χ4v) is 4.14. The Balaban J connectivity index is 1.39. The molecular formula is C20H21N3OS. The third kappa shape index (κ3) is 3.63. The first-order valence-electron chi connectivity index (χ1n) is 8.59. The zero-order valence-corrected chi connectivity index (χ0v) is 14.8. The van der Waals surface area contributed by atoms with E-state index in [0.29, 0.717) is 12.8 Å². The van der Waals surface area contributed by atoms with E-state index in [-0.39, 0.29) is 0 Å². The van der Waals surface area contributed by atoms with Crippen LogP contribution in [-0.2, 0) is 12.1 Å². The lowest BCUT2D eigenvalue weighted by atomic mass is 9.88. The lowest BCUT2D eigenvalue weighted by Gasteiger charge is -2.37. The summed E-state index contributed by atoms with van der Waals surface area (Å²) in [5.74, 6) is 0. The summed E-state index contributed by atoms with van der Waals surface area (Å²) in [6.07, 6.45) is 3.17. The van der Waals surface area contributed by atoms with Gasteiger partial charge in [0.05, 0.1) is 17.9 Å². The van der Waals surface area contributed by atoms with E-state index in [9.17, 15) is 5.11 Å². The number of aliphatic hydroxyl groups is 1. The molecule has 3 heterocycles. The molecule has 3 aromatic rings. The molecule has 128 valence electrons. The lowest BCUT2D eigenvalue weighted by Crippen LogP contribution is -2.42. The van der Waals surface area contributed by atoms with Crippen molar-refractivity contribution < 1.29 is 5.11 Å². The van der Waals surface area contributed by atoms with Gasteiger partial charge in [0.2, 0.25) is 0 Å². The second-order valence-electron chi connectivity index (χ2n) is 6.52.